The maximum atomic E-state index is 11.3. The maximum Gasteiger partial charge on any atom is 0.237 e. The summed E-state index contributed by atoms with van der Waals surface area (Å²) in [7, 11) is 0. The van der Waals surface area contributed by atoms with Crippen LogP contribution >= 0.6 is 11.3 Å². The molecule has 1 unspecified atom stereocenters. The number of rotatable bonds is 4. The highest BCUT2D eigenvalue weighted by Crippen LogP contribution is 2.14. The van der Waals surface area contributed by atoms with E-state index in [9.17, 15) is 4.79 Å². The monoisotopic (exact) mass is 212 g/mol. The van der Waals surface area contributed by atoms with Crippen LogP contribution in [0.4, 0.5) is 0 Å². The summed E-state index contributed by atoms with van der Waals surface area (Å²) < 4.78 is 0. The molecule has 0 fully saturated rings. The van der Waals surface area contributed by atoms with Gasteiger partial charge in [-0.1, -0.05) is 6.92 Å². The van der Waals surface area contributed by atoms with Crippen molar-refractivity contribution in [2.24, 2.45) is 5.73 Å². The minimum atomic E-state index is -0.379. The fourth-order valence-electron chi connectivity index (χ4n) is 1.07. The molecule has 0 saturated carbocycles. The molecule has 4 heteroatoms. The third-order valence-corrected chi connectivity index (χ3v) is 3.01. The molecular weight excluding hydrogens is 196 g/mol. The van der Waals surface area contributed by atoms with Gasteiger partial charge < -0.3 is 11.1 Å². The Morgan fingerprint density at radius 3 is 2.86 bits per heavy atom. The predicted molar refractivity (Wildman–Crippen MR) is 59.2 cm³/mol. The molecule has 1 amide bonds. The van der Waals surface area contributed by atoms with Crippen LogP contribution in [0.1, 0.15) is 23.1 Å². The second kappa shape index (κ2) is 5.12. The minimum Gasteiger partial charge on any atom is -0.350 e. The van der Waals surface area contributed by atoms with Gasteiger partial charge in [0.2, 0.25) is 5.91 Å². The van der Waals surface area contributed by atoms with Crippen molar-refractivity contribution in [3.63, 3.8) is 0 Å². The average Bonchev–Trinajstić information content (AvgIpc) is 2.59. The van der Waals surface area contributed by atoms with E-state index < -0.39 is 0 Å². The van der Waals surface area contributed by atoms with Gasteiger partial charge >= 0.3 is 0 Å². The fourth-order valence-corrected chi connectivity index (χ4v) is 1.90. The molecule has 1 atom stereocenters. The van der Waals surface area contributed by atoms with E-state index in [2.05, 4.69) is 5.32 Å². The van der Waals surface area contributed by atoms with Gasteiger partial charge in [-0.15, -0.1) is 11.3 Å². The van der Waals surface area contributed by atoms with Crippen LogP contribution in [0.5, 0.6) is 0 Å². The standard InChI is InChI=1S/C10H16N2OS/c1-3-9(11)10(13)12-6-8-5-4-7(2)14-8/h4-5,9H,3,6,11H2,1-2H3,(H,12,13). The molecule has 0 aliphatic rings. The lowest BCUT2D eigenvalue weighted by Gasteiger charge is -2.08. The molecule has 1 rings (SSSR count). The number of thiophene rings is 1. The molecule has 3 nitrogen and oxygen atoms in total. The van der Waals surface area contributed by atoms with Crippen LogP contribution in [0.15, 0.2) is 12.1 Å². The van der Waals surface area contributed by atoms with E-state index in [0.29, 0.717) is 13.0 Å². The zero-order valence-corrected chi connectivity index (χ0v) is 9.36. The number of nitrogens with one attached hydrogen (secondary N) is 1. The highest BCUT2D eigenvalue weighted by atomic mass is 32.1. The SMILES string of the molecule is CCC(N)C(=O)NCc1ccc(C)s1. The zero-order chi connectivity index (χ0) is 10.6. The van der Waals surface area contributed by atoms with Crippen LogP contribution in [0.3, 0.4) is 0 Å². The lowest BCUT2D eigenvalue weighted by Crippen LogP contribution is -2.39. The summed E-state index contributed by atoms with van der Waals surface area (Å²) in [5.41, 5.74) is 5.58. The van der Waals surface area contributed by atoms with Gasteiger partial charge in [-0.25, -0.2) is 0 Å². The Kier molecular flexibility index (Phi) is 4.10. The van der Waals surface area contributed by atoms with Crippen LogP contribution < -0.4 is 11.1 Å². The fraction of sp³-hybridized carbons (Fsp3) is 0.500. The molecule has 0 aromatic carbocycles. The largest absolute Gasteiger partial charge is 0.350 e. The van der Waals surface area contributed by atoms with Crippen molar-refractivity contribution in [3.05, 3.63) is 21.9 Å². The summed E-state index contributed by atoms with van der Waals surface area (Å²) in [6, 6.07) is 3.69. The van der Waals surface area contributed by atoms with Crippen LogP contribution in [0, 0.1) is 6.92 Å². The van der Waals surface area contributed by atoms with E-state index in [1.54, 1.807) is 11.3 Å². The molecule has 78 valence electrons. The Morgan fingerprint density at radius 1 is 1.64 bits per heavy atom. The Labute approximate surface area is 88.3 Å². The van der Waals surface area contributed by atoms with Gasteiger partial charge in [-0.05, 0) is 25.5 Å². The minimum absolute atomic E-state index is 0.0708. The van der Waals surface area contributed by atoms with Gasteiger partial charge in [0.15, 0.2) is 0 Å². The molecule has 0 spiro atoms. The highest BCUT2D eigenvalue weighted by Gasteiger charge is 2.09. The van der Waals surface area contributed by atoms with Crippen LogP contribution in [-0.4, -0.2) is 11.9 Å². The quantitative estimate of drug-likeness (QED) is 0.793. The molecule has 0 aliphatic heterocycles. The molecule has 0 saturated heterocycles. The van der Waals surface area contributed by atoms with Crippen LogP contribution in [0.25, 0.3) is 0 Å². The Hall–Kier alpha value is -0.870. The predicted octanol–water partition coefficient (Wildman–Crippen LogP) is 1.41. The topological polar surface area (TPSA) is 55.1 Å². The Morgan fingerprint density at radius 2 is 2.36 bits per heavy atom. The lowest BCUT2D eigenvalue weighted by atomic mass is 10.2. The molecule has 14 heavy (non-hydrogen) atoms. The van der Waals surface area contributed by atoms with Crippen molar-refractivity contribution in [1.82, 2.24) is 5.32 Å². The summed E-state index contributed by atoms with van der Waals surface area (Å²) in [6.07, 6.45) is 0.676. The molecule has 0 bridgehead atoms. The first-order chi connectivity index (χ1) is 6.63. The number of carbonyl (C=O) groups excluding carboxylic acids is 1. The normalized spacial score (nSPS) is 12.5. The van der Waals surface area contributed by atoms with E-state index in [-0.39, 0.29) is 11.9 Å². The van der Waals surface area contributed by atoms with Crippen molar-refractivity contribution in [1.29, 1.82) is 0 Å². The van der Waals surface area contributed by atoms with Gasteiger partial charge in [-0.3, -0.25) is 4.79 Å². The first-order valence-corrected chi connectivity index (χ1v) is 5.53. The van der Waals surface area contributed by atoms with E-state index in [0.717, 1.165) is 0 Å². The number of nitrogens with two attached hydrogens (primary N) is 1. The Balaban J connectivity index is 2.37. The van der Waals surface area contributed by atoms with Crippen LogP contribution in [0.2, 0.25) is 0 Å². The summed E-state index contributed by atoms with van der Waals surface area (Å²) in [6.45, 7) is 4.54. The van der Waals surface area contributed by atoms with E-state index in [1.807, 2.05) is 26.0 Å². The van der Waals surface area contributed by atoms with Gasteiger partial charge in [0.25, 0.3) is 0 Å². The first kappa shape index (κ1) is 11.2. The number of amides is 1. The van der Waals surface area contributed by atoms with Crippen LogP contribution in [-0.2, 0) is 11.3 Å². The van der Waals surface area contributed by atoms with Gasteiger partial charge in [0.05, 0.1) is 12.6 Å². The second-order valence-corrected chi connectivity index (χ2v) is 4.62. The average molecular weight is 212 g/mol. The highest BCUT2D eigenvalue weighted by molar-refractivity contribution is 7.11. The summed E-state index contributed by atoms with van der Waals surface area (Å²) >= 11 is 1.69. The summed E-state index contributed by atoms with van der Waals surface area (Å²) in [5.74, 6) is -0.0708. The van der Waals surface area contributed by atoms with Crippen molar-refractivity contribution in [2.75, 3.05) is 0 Å². The van der Waals surface area contributed by atoms with Gasteiger partial charge in [0.1, 0.15) is 0 Å². The Bertz CT molecular complexity index is 309. The zero-order valence-electron chi connectivity index (χ0n) is 8.54. The molecule has 0 aliphatic carbocycles. The first-order valence-electron chi connectivity index (χ1n) is 4.72. The molecule has 3 N–H and O–H groups in total. The number of hydrogen-bond acceptors (Lipinski definition) is 3. The van der Waals surface area contributed by atoms with Crippen molar-refractivity contribution < 1.29 is 4.79 Å². The molecule has 1 aromatic rings. The smallest absolute Gasteiger partial charge is 0.237 e. The number of hydrogen-bond donors (Lipinski definition) is 2. The maximum absolute atomic E-state index is 11.3. The van der Waals surface area contributed by atoms with Crippen molar-refractivity contribution >= 4 is 17.2 Å². The molecule has 1 heterocycles. The molecule has 1 aromatic heterocycles. The van der Waals surface area contributed by atoms with E-state index >= 15 is 0 Å². The van der Waals surface area contributed by atoms with Gasteiger partial charge in [-0.2, -0.15) is 0 Å². The third-order valence-electron chi connectivity index (χ3n) is 2.01. The summed E-state index contributed by atoms with van der Waals surface area (Å²) in [4.78, 5) is 13.7. The molecular formula is C10H16N2OS. The van der Waals surface area contributed by atoms with Crippen molar-refractivity contribution in [2.45, 2.75) is 32.9 Å². The number of aryl methyl sites for hydroxylation is 1. The van der Waals surface area contributed by atoms with Gasteiger partial charge in [0, 0.05) is 9.75 Å². The lowest BCUT2D eigenvalue weighted by molar-refractivity contribution is -0.122. The van der Waals surface area contributed by atoms with Crippen molar-refractivity contribution in [3.8, 4) is 0 Å². The van der Waals surface area contributed by atoms with E-state index in [4.69, 9.17) is 5.73 Å². The van der Waals surface area contributed by atoms with E-state index in [1.165, 1.54) is 9.75 Å². The molecule has 0 radical (unpaired) electrons. The summed E-state index contributed by atoms with van der Waals surface area (Å²) in [5, 5.41) is 2.81. The third kappa shape index (κ3) is 3.12. The number of carbonyl (C=O) groups is 1. The second-order valence-electron chi connectivity index (χ2n) is 3.24.